The molecule has 2 N–H and O–H groups in total. The maximum Gasteiger partial charge on any atom is 0.191 e. The first-order valence-corrected chi connectivity index (χ1v) is 9.36. The lowest BCUT2D eigenvalue weighted by atomic mass is 10.2. The molecular formula is C20H36N4O. The van der Waals surface area contributed by atoms with E-state index in [1.807, 2.05) is 18.2 Å². The molecule has 0 fully saturated rings. The van der Waals surface area contributed by atoms with E-state index in [1.165, 1.54) is 5.56 Å². The summed E-state index contributed by atoms with van der Waals surface area (Å²) in [5, 5.41) is 6.66. The van der Waals surface area contributed by atoms with Gasteiger partial charge in [-0.3, -0.25) is 9.89 Å². The van der Waals surface area contributed by atoms with Gasteiger partial charge in [0.05, 0.1) is 13.2 Å². The Hall–Kier alpha value is -1.59. The summed E-state index contributed by atoms with van der Waals surface area (Å²) in [5.74, 6) is 0.837. The van der Waals surface area contributed by atoms with Gasteiger partial charge in [0.2, 0.25) is 0 Å². The zero-order chi connectivity index (χ0) is 18.5. The molecule has 0 heterocycles. The predicted molar refractivity (Wildman–Crippen MR) is 107 cm³/mol. The van der Waals surface area contributed by atoms with Gasteiger partial charge in [0.15, 0.2) is 5.96 Å². The molecule has 5 heteroatoms. The van der Waals surface area contributed by atoms with Crippen molar-refractivity contribution in [3.05, 3.63) is 35.9 Å². The lowest BCUT2D eigenvalue weighted by molar-refractivity contribution is 0.125. The summed E-state index contributed by atoms with van der Waals surface area (Å²) in [6.45, 7) is 13.1. The number of hydrogen-bond acceptors (Lipinski definition) is 3. The molecule has 1 rings (SSSR count). The molecule has 25 heavy (non-hydrogen) atoms. The van der Waals surface area contributed by atoms with Crippen molar-refractivity contribution in [3.8, 4) is 0 Å². The summed E-state index contributed by atoms with van der Waals surface area (Å²) in [4.78, 5) is 6.77. The van der Waals surface area contributed by atoms with Gasteiger partial charge < -0.3 is 15.4 Å². The Morgan fingerprint density at radius 1 is 1.04 bits per heavy atom. The SMILES string of the molecule is CN=C(NCCCN(C(C)C)C(C)C)NCCOCc1ccccc1. The second-order valence-corrected chi connectivity index (χ2v) is 6.74. The van der Waals surface area contributed by atoms with Crippen molar-refractivity contribution in [1.29, 1.82) is 0 Å². The largest absolute Gasteiger partial charge is 0.375 e. The fourth-order valence-electron chi connectivity index (χ4n) is 2.81. The van der Waals surface area contributed by atoms with Crippen molar-refractivity contribution < 1.29 is 4.74 Å². The minimum Gasteiger partial charge on any atom is -0.375 e. The molecule has 5 nitrogen and oxygen atoms in total. The Morgan fingerprint density at radius 2 is 1.68 bits per heavy atom. The average molecular weight is 349 g/mol. The minimum atomic E-state index is 0.583. The van der Waals surface area contributed by atoms with Crippen molar-refractivity contribution in [2.75, 3.05) is 33.3 Å². The predicted octanol–water partition coefficient (Wildman–Crippen LogP) is 2.88. The van der Waals surface area contributed by atoms with Gasteiger partial charge in [0, 0.05) is 38.8 Å². The second-order valence-electron chi connectivity index (χ2n) is 6.74. The quantitative estimate of drug-likeness (QED) is 0.367. The third-order valence-corrected chi connectivity index (χ3v) is 4.09. The van der Waals surface area contributed by atoms with Crippen LogP contribution in [0, 0.1) is 0 Å². The third-order valence-electron chi connectivity index (χ3n) is 4.09. The molecule has 0 saturated carbocycles. The van der Waals surface area contributed by atoms with Crippen LogP contribution < -0.4 is 10.6 Å². The smallest absolute Gasteiger partial charge is 0.191 e. The summed E-state index contributed by atoms with van der Waals surface area (Å²) in [7, 11) is 1.80. The maximum absolute atomic E-state index is 5.67. The molecule has 1 aromatic carbocycles. The molecule has 142 valence electrons. The van der Waals surface area contributed by atoms with Gasteiger partial charge in [-0.1, -0.05) is 30.3 Å². The second kappa shape index (κ2) is 12.7. The summed E-state index contributed by atoms with van der Waals surface area (Å²) in [6, 6.07) is 11.4. The molecule has 0 bridgehead atoms. The fourth-order valence-corrected chi connectivity index (χ4v) is 2.81. The van der Waals surface area contributed by atoms with Crippen molar-refractivity contribution in [1.82, 2.24) is 15.5 Å². The van der Waals surface area contributed by atoms with Crippen molar-refractivity contribution >= 4 is 5.96 Å². The van der Waals surface area contributed by atoms with E-state index in [1.54, 1.807) is 7.05 Å². The highest BCUT2D eigenvalue weighted by molar-refractivity contribution is 5.79. The van der Waals surface area contributed by atoms with Gasteiger partial charge in [-0.05, 0) is 39.7 Å². The van der Waals surface area contributed by atoms with Crippen LogP contribution in [0.4, 0.5) is 0 Å². The highest BCUT2D eigenvalue weighted by Gasteiger charge is 2.12. The van der Waals surface area contributed by atoms with Crippen LogP contribution in [-0.4, -0.2) is 56.2 Å². The Kier molecular flexibility index (Phi) is 10.9. The Balaban J connectivity index is 2.12. The van der Waals surface area contributed by atoms with Crippen molar-refractivity contribution in [2.45, 2.75) is 52.8 Å². The number of nitrogens with zero attached hydrogens (tertiary/aromatic N) is 2. The number of nitrogens with one attached hydrogen (secondary N) is 2. The molecule has 0 aromatic heterocycles. The van der Waals surface area contributed by atoms with Gasteiger partial charge in [0.1, 0.15) is 0 Å². The molecule has 0 spiro atoms. The standard InChI is InChI=1S/C20H36N4O/c1-17(2)24(18(3)4)14-9-12-22-20(21-5)23-13-15-25-16-19-10-7-6-8-11-19/h6-8,10-11,17-18H,9,12-16H2,1-5H3,(H2,21,22,23). The normalized spacial score (nSPS) is 12.2. The minimum absolute atomic E-state index is 0.583. The molecule has 0 aliphatic heterocycles. The van der Waals surface area contributed by atoms with Crippen LogP contribution in [0.5, 0.6) is 0 Å². The number of ether oxygens (including phenoxy) is 1. The number of guanidine groups is 1. The third kappa shape index (κ3) is 9.46. The van der Waals surface area contributed by atoms with E-state index in [0.717, 1.165) is 32.0 Å². The van der Waals surface area contributed by atoms with E-state index in [9.17, 15) is 0 Å². The first-order valence-electron chi connectivity index (χ1n) is 9.36. The molecule has 0 radical (unpaired) electrons. The van der Waals surface area contributed by atoms with Crippen LogP contribution in [-0.2, 0) is 11.3 Å². The number of rotatable bonds is 11. The summed E-state index contributed by atoms with van der Waals surface area (Å²) in [6.07, 6.45) is 1.10. The first-order chi connectivity index (χ1) is 12.0. The molecule has 0 aliphatic carbocycles. The average Bonchev–Trinajstić information content (AvgIpc) is 2.59. The van der Waals surface area contributed by atoms with Crippen LogP contribution in [0.1, 0.15) is 39.7 Å². The fraction of sp³-hybridized carbons (Fsp3) is 0.650. The van der Waals surface area contributed by atoms with Crippen LogP contribution in [0.25, 0.3) is 0 Å². The molecule has 0 atom stereocenters. The van der Waals surface area contributed by atoms with Crippen LogP contribution in [0.2, 0.25) is 0 Å². The molecule has 1 aromatic rings. The molecule has 0 aliphatic rings. The molecule has 0 amide bonds. The number of benzene rings is 1. The van der Waals surface area contributed by atoms with Gasteiger partial charge in [0.25, 0.3) is 0 Å². The van der Waals surface area contributed by atoms with E-state index in [2.05, 4.69) is 60.4 Å². The van der Waals surface area contributed by atoms with Gasteiger partial charge in [-0.15, -0.1) is 0 Å². The van der Waals surface area contributed by atoms with E-state index >= 15 is 0 Å². The number of aliphatic imine (C=N–C) groups is 1. The maximum atomic E-state index is 5.67. The Labute approximate surface area is 153 Å². The summed E-state index contributed by atoms with van der Waals surface area (Å²) >= 11 is 0. The zero-order valence-corrected chi connectivity index (χ0v) is 16.6. The Bertz CT molecular complexity index is 466. The van der Waals surface area contributed by atoms with E-state index < -0.39 is 0 Å². The highest BCUT2D eigenvalue weighted by atomic mass is 16.5. The molecular weight excluding hydrogens is 312 g/mol. The van der Waals surface area contributed by atoms with Crippen LogP contribution in [0.3, 0.4) is 0 Å². The summed E-state index contributed by atoms with van der Waals surface area (Å²) in [5.41, 5.74) is 1.20. The topological polar surface area (TPSA) is 48.9 Å². The van der Waals surface area contributed by atoms with Gasteiger partial charge in [-0.25, -0.2) is 0 Å². The van der Waals surface area contributed by atoms with E-state index in [-0.39, 0.29) is 0 Å². The Morgan fingerprint density at radius 3 is 2.28 bits per heavy atom. The first kappa shape index (κ1) is 21.5. The van der Waals surface area contributed by atoms with Crippen molar-refractivity contribution in [3.63, 3.8) is 0 Å². The van der Waals surface area contributed by atoms with E-state index in [0.29, 0.717) is 25.3 Å². The lowest BCUT2D eigenvalue weighted by Crippen LogP contribution is -2.42. The number of hydrogen-bond donors (Lipinski definition) is 2. The van der Waals surface area contributed by atoms with Crippen LogP contribution >= 0.6 is 0 Å². The van der Waals surface area contributed by atoms with Crippen molar-refractivity contribution in [2.24, 2.45) is 4.99 Å². The zero-order valence-electron chi connectivity index (χ0n) is 16.6. The monoisotopic (exact) mass is 348 g/mol. The van der Waals surface area contributed by atoms with Crippen LogP contribution in [0.15, 0.2) is 35.3 Å². The van der Waals surface area contributed by atoms with E-state index in [4.69, 9.17) is 4.74 Å². The van der Waals surface area contributed by atoms with Gasteiger partial charge >= 0.3 is 0 Å². The summed E-state index contributed by atoms with van der Waals surface area (Å²) < 4.78 is 5.67. The molecule has 0 saturated heterocycles. The lowest BCUT2D eigenvalue weighted by Gasteiger charge is -2.30. The van der Waals surface area contributed by atoms with Gasteiger partial charge in [-0.2, -0.15) is 0 Å². The molecule has 0 unspecified atom stereocenters. The highest BCUT2D eigenvalue weighted by Crippen LogP contribution is 2.05.